The van der Waals surface area contributed by atoms with Crippen LogP contribution in [0.2, 0.25) is 0 Å². The van der Waals surface area contributed by atoms with Crippen LogP contribution in [0.3, 0.4) is 0 Å². The van der Waals surface area contributed by atoms with Crippen molar-refractivity contribution in [2.24, 2.45) is 0 Å². The first-order valence-electron chi connectivity index (χ1n) is 2.83. The highest BCUT2D eigenvalue weighted by molar-refractivity contribution is 6.21. The molecule has 0 saturated carbocycles. The summed E-state index contributed by atoms with van der Waals surface area (Å²) in [5.41, 5.74) is -0.976. The summed E-state index contributed by atoms with van der Waals surface area (Å²) in [7, 11) is 0. The summed E-state index contributed by atoms with van der Waals surface area (Å²) in [6.45, 7) is 5.12. The molecule has 0 aromatic rings. The van der Waals surface area contributed by atoms with E-state index in [0.29, 0.717) is 0 Å². The van der Waals surface area contributed by atoms with E-state index in [1.54, 1.807) is 13.8 Å². The molecule has 0 aliphatic rings. The van der Waals surface area contributed by atoms with Gasteiger partial charge >= 0.3 is 0 Å². The Bertz CT molecular complexity index is 65.4. The zero-order valence-corrected chi connectivity index (χ0v) is 6.33. The third-order valence-electron chi connectivity index (χ3n) is 1.11. The molecule has 0 spiro atoms. The molecule has 0 heterocycles. The number of alkyl halides is 1. The maximum Gasteiger partial charge on any atom is 0.114 e. The van der Waals surface area contributed by atoms with Gasteiger partial charge in [0.2, 0.25) is 0 Å². The van der Waals surface area contributed by atoms with Gasteiger partial charge in [0.1, 0.15) is 5.60 Å². The monoisotopic (exact) mass is 135 g/mol. The standard InChI is InChI=1S/C6H12ClO/c1-4-5(7)6(2,3)8/h5H,4H2,1-3H3. The van der Waals surface area contributed by atoms with Crippen molar-refractivity contribution in [3.63, 3.8) is 0 Å². The second-order valence-electron chi connectivity index (χ2n) is 2.48. The van der Waals surface area contributed by atoms with E-state index in [-0.39, 0.29) is 5.38 Å². The predicted octanol–water partition coefficient (Wildman–Crippen LogP) is 2.21. The van der Waals surface area contributed by atoms with Crippen LogP contribution in [0, 0.1) is 0 Å². The van der Waals surface area contributed by atoms with E-state index in [2.05, 4.69) is 0 Å². The van der Waals surface area contributed by atoms with Gasteiger partial charge in [0.05, 0.1) is 5.38 Å². The molecule has 0 amide bonds. The second-order valence-corrected chi connectivity index (χ2v) is 3.01. The lowest BCUT2D eigenvalue weighted by Gasteiger charge is -2.18. The first-order valence-corrected chi connectivity index (χ1v) is 3.26. The average Bonchev–Trinajstić information content (AvgIpc) is 1.62. The Labute approximate surface area is 55.7 Å². The molecule has 0 aromatic heterocycles. The van der Waals surface area contributed by atoms with Gasteiger partial charge < -0.3 is 0 Å². The van der Waals surface area contributed by atoms with Crippen LogP contribution in [-0.2, 0) is 5.11 Å². The van der Waals surface area contributed by atoms with Gasteiger partial charge in [-0.05, 0) is 20.3 Å². The van der Waals surface area contributed by atoms with Gasteiger partial charge in [0.15, 0.2) is 0 Å². The van der Waals surface area contributed by atoms with Crippen LogP contribution in [0.25, 0.3) is 0 Å². The molecule has 0 rings (SSSR count). The van der Waals surface area contributed by atoms with Gasteiger partial charge in [-0.2, -0.15) is 0 Å². The fourth-order valence-electron chi connectivity index (χ4n) is 0.492. The molecule has 0 bridgehead atoms. The lowest BCUT2D eigenvalue weighted by molar-refractivity contribution is -0.00000471. The summed E-state index contributed by atoms with van der Waals surface area (Å²) < 4.78 is 0. The molecule has 8 heavy (non-hydrogen) atoms. The summed E-state index contributed by atoms with van der Waals surface area (Å²) in [4.78, 5) is 0. The maximum absolute atomic E-state index is 10.9. The molecule has 49 valence electrons. The van der Waals surface area contributed by atoms with Crippen molar-refractivity contribution in [2.75, 3.05) is 0 Å². The Morgan fingerprint density at radius 1 is 1.62 bits per heavy atom. The van der Waals surface area contributed by atoms with E-state index < -0.39 is 5.60 Å². The minimum Gasteiger partial charge on any atom is -0.228 e. The molecule has 0 aliphatic carbocycles. The molecule has 1 radical (unpaired) electrons. The molecule has 0 aromatic carbocycles. The van der Waals surface area contributed by atoms with Gasteiger partial charge in [0.25, 0.3) is 0 Å². The van der Waals surface area contributed by atoms with Crippen molar-refractivity contribution in [3.05, 3.63) is 0 Å². The summed E-state index contributed by atoms with van der Waals surface area (Å²) in [5.74, 6) is 0. The third-order valence-corrected chi connectivity index (χ3v) is 1.95. The molecule has 2 heteroatoms. The van der Waals surface area contributed by atoms with Crippen molar-refractivity contribution >= 4 is 11.6 Å². The maximum atomic E-state index is 10.9. The summed E-state index contributed by atoms with van der Waals surface area (Å²) in [6, 6.07) is 0. The number of rotatable bonds is 2. The van der Waals surface area contributed by atoms with E-state index in [4.69, 9.17) is 11.6 Å². The van der Waals surface area contributed by atoms with Crippen molar-refractivity contribution in [1.82, 2.24) is 0 Å². The summed E-state index contributed by atoms with van der Waals surface area (Å²) in [6.07, 6.45) is 0.748. The largest absolute Gasteiger partial charge is 0.228 e. The first-order chi connectivity index (χ1) is 3.48. The average molecular weight is 136 g/mol. The van der Waals surface area contributed by atoms with Crippen LogP contribution in [0.5, 0.6) is 0 Å². The molecular formula is C6H12ClO. The summed E-state index contributed by atoms with van der Waals surface area (Å²) in [5, 5.41) is 10.7. The zero-order chi connectivity index (χ0) is 6.78. The lowest BCUT2D eigenvalue weighted by Crippen LogP contribution is -2.29. The Kier molecular flexibility index (Phi) is 2.78. The van der Waals surface area contributed by atoms with E-state index >= 15 is 0 Å². The normalized spacial score (nSPS) is 16.1. The Morgan fingerprint density at radius 3 is 2.00 bits per heavy atom. The molecule has 0 fully saturated rings. The van der Waals surface area contributed by atoms with Gasteiger partial charge in [-0.25, -0.2) is 5.11 Å². The van der Waals surface area contributed by atoms with E-state index in [0.717, 1.165) is 6.42 Å². The molecule has 1 nitrogen and oxygen atoms in total. The predicted molar refractivity (Wildman–Crippen MR) is 34.7 cm³/mol. The van der Waals surface area contributed by atoms with Crippen LogP contribution in [0.1, 0.15) is 27.2 Å². The molecule has 0 aliphatic heterocycles. The van der Waals surface area contributed by atoms with Gasteiger partial charge in [-0.1, -0.05) is 6.92 Å². The number of hydrogen-bond acceptors (Lipinski definition) is 0. The smallest absolute Gasteiger partial charge is 0.114 e. The molecular weight excluding hydrogens is 124 g/mol. The zero-order valence-electron chi connectivity index (χ0n) is 5.57. The van der Waals surface area contributed by atoms with Crippen molar-refractivity contribution in [1.29, 1.82) is 0 Å². The van der Waals surface area contributed by atoms with E-state index in [1.807, 2.05) is 6.92 Å². The lowest BCUT2D eigenvalue weighted by atomic mass is 10.0. The van der Waals surface area contributed by atoms with Gasteiger partial charge in [-0.15, -0.1) is 11.6 Å². The SMILES string of the molecule is CCC(Cl)C(C)(C)[O]. The highest BCUT2D eigenvalue weighted by atomic mass is 35.5. The minimum atomic E-state index is -0.976. The van der Waals surface area contributed by atoms with Crippen LogP contribution in [-0.4, -0.2) is 11.0 Å². The van der Waals surface area contributed by atoms with E-state index in [9.17, 15) is 5.11 Å². The first kappa shape index (κ1) is 8.25. The molecule has 1 atom stereocenters. The van der Waals surface area contributed by atoms with Gasteiger partial charge in [-0.3, -0.25) is 0 Å². The Morgan fingerprint density at radius 2 is 2.00 bits per heavy atom. The van der Waals surface area contributed by atoms with Crippen molar-refractivity contribution in [2.45, 2.75) is 38.2 Å². The number of halogens is 1. The third kappa shape index (κ3) is 2.53. The van der Waals surface area contributed by atoms with E-state index in [1.165, 1.54) is 0 Å². The molecule has 0 N–H and O–H groups in total. The fourth-order valence-corrected chi connectivity index (χ4v) is 0.492. The highest BCUT2D eigenvalue weighted by Gasteiger charge is 2.24. The summed E-state index contributed by atoms with van der Waals surface area (Å²) >= 11 is 5.63. The van der Waals surface area contributed by atoms with Crippen LogP contribution < -0.4 is 0 Å². The van der Waals surface area contributed by atoms with Crippen LogP contribution in [0.4, 0.5) is 0 Å². The van der Waals surface area contributed by atoms with Crippen molar-refractivity contribution in [3.8, 4) is 0 Å². The second kappa shape index (κ2) is 2.70. The Balaban J connectivity index is 3.62. The van der Waals surface area contributed by atoms with Crippen LogP contribution in [0.15, 0.2) is 0 Å². The quantitative estimate of drug-likeness (QED) is 0.518. The van der Waals surface area contributed by atoms with Gasteiger partial charge in [0, 0.05) is 0 Å². The topological polar surface area (TPSA) is 19.9 Å². The fraction of sp³-hybridized carbons (Fsp3) is 1.00. The highest BCUT2D eigenvalue weighted by Crippen LogP contribution is 2.18. The van der Waals surface area contributed by atoms with Crippen LogP contribution >= 0.6 is 11.6 Å². The van der Waals surface area contributed by atoms with Crippen molar-refractivity contribution < 1.29 is 5.11 Å². The number of hydrogen-bond donors (Lipinski definition) is 0. The molecule has 0 saturated heterocycles. The minimum absolute atomic E-state index is 0.234. The molecule has 1 unspecified atom stereocenters. The Hall–Kier alpha value is 0.250.